The first-order valence-electron chi connectivity index (χ1n) is 6.58. The molecular formula is C16H18ClFN2. The molecule has 1 aromatic heterocycles. The highest BCUT2D eigenvalue weighted by atomic mass is 35.5. The maximum atomic E-state index is 12.7. The van der Waals surface area contributed by atoms with Gasteiger partial charge in [0, 0.05) is 28.4 Å². The Balaban J connectivity index is 0.00000147. The van der Waals surface area contributed by atoms with Crippen LogP contribution in [0, 0.1) is 0 Å². The second kappa shape index (κ2) is 5.81. The molecule has 0 amide bonds. The molecule has 0 unspecified atom stereocenters. The molecule has 2 aromatic carbocycles. The van der Waals surface area contributed by atoms with E-state index in [-0.39, 0.29) is 12.4 Å². The van der Waals surface area contributed by atoms with E-state index in [9.17, 15) is 4.39 Å². The molecule has 1 heterocycles. The predicted octanol–water partition coefficient (Wildman–Crippen LogP) is 4.21. The average molecular weight is 293 g/mol. The van der Waals surface area contributed by atoms with Gasteiger partial charge in [-0.15, -0.1) is 12.4 Å². The van der Waals surface area contributed by atoms with Crippen LogP contribution in [-0.2, 0) is 6.54 Å². The van der Waals surface area contributed by atoms with E-state index in [0.29, 0.717) is 0 Å². The number of para-hydroxylation sites is 1. The van der Waals surface area contributed by atoms with Crippen molar-refractivity contribution in [2.75, 3.05) is 6.67 Å². The monoisotopic (exact) mass is 292 g/mol. The van der Waals surface area contributed by atoms with E-state index in [1.807, 2.05) is 30.3 Å². The van der Waals surface area contributed by atoms with Crippen molar-refractivity contribution < 1.29 is 4.39 Å². The fraction of sp³-hybridized carbons (Fsp3) is 0.250. The lowest BCUT2D eigenvalue weighted by molar-refractivity contribution is 0.437. The Hall–Kier alpha value is -1.58. The van der Waals surface area contributed by atoms with Gasteiger partial charge in [-0.25, -0.2) is 4.39 Å². The van der Waals surface area contributed by atoms with Gasteiger partial charge in [0.05, 0.1) is 6.04 Å². The number of aryl methyl sites for hydroxylation is 1. The zero-order chi connectivity index (χ0) is 13.4. The van der Waals surface area contributed by atoms with E-state index in [2.05, 4.69) is 23.6 Å². The highest BCUT2D eigenvalue weighted by molar-refractivity contribution is 6.08. The lowest BCUT2D eigenvalue weighted by Gasteiger charge is -2.08. The summed E-state index contributed by atoms with van der Waals surface area (Å²) in [6.45, 7) is 2.52. The summed E-state index contributed by atoms with van der Waals surface area (Å²) in [5.74, 6) is 0. The third-order valence-corrected chi connectivity index (χ3v) is 3.71. The van der Waals surface area contributed by atoms with Crippen molar-refractivity contribution in [3.63, 3.8) is 0 Å². The van der Waals surface area contributed by atoms with Crippen LogP contribution in [0.4, 0.5) is 4.39 Å². The summed E-state index contributed by atoms with van der Waals surface area (Å²) in [4.78, 5) is 0. The lowest BCUT2D eigenvalue weighted by atomic mass is 10.0. The summed E-state index contributed by atoms with van der Waals surface area (Å²) in [6, 6.07) is 13.8. The van der Waals surface area contributed by atoms with E-state index >= 15 is 0 Å². The van der Waals surface area contributed by atoms with Crippen molar-refractivity contribution in [1.29, 1.82) is 0 Å². The minimum absolute atomic E-state index is 0. The molecule has 0 saturated heterocycles. The molecule has 2 nitrogen and oxygen atoms in total. The van der Waals surface area contributed by atoms with Crippen LogP contribution in [0.1, 0.15) is 18.5 Å². The Morgan fingerprint density at radius 3 is 2.50 bits per heavy atom. The minimum Gasteiger partial charge on any atom is -0.341 e. The number of rotatable bonds is 3. The second-order valence-electron chi connectivity index (χ2n) is 4.80. The molecule has 3 rings (SSSR count). The van der Waals surface area contributed by atoms with E-state index in [0.717, 1.165) is 17.5 Å². The summed E-state index contributed by atoms with van der Waals surface area (Å²) in [5.41, 5.74) is 9.04. The molecule has 0 saturated carbocycles. The summed E-state index contributed by atoms with van der Waals surface area (Å²) in [7, 11) is 0. The SMILES string of the molecule is CCn1c2ccccc2c2cc([C@@H](N)CF)ccc21.Cl. The highest BCUT2D eigenvalue weighted by Crippen LogP contribution is 2.30. The van der Waals surface area contributed by atoms with Crippen LogP contribution in [0.5, 0.6) is 0 Å². The largest absolute Gasteiger partial charge is 0.341 e. The number of nitrogens with two attached hydrogens (primary N) is 1. The molecule has 0 radical (unpaired) electrons. The van der Waals surface area contributed by atoms with Crippen molar-refractivity contribution in [2.45, 2.75) is 19.5 Å². The second-order valence-corrected chi connectivity index (χ2v) is 4.80. The van der Waals surface area contributed by atoms with Gasteiger partial charge in [0.25, 0.3) is 0 Å². The molecule has 0 aliphatic carbocycles. The molecule has 4 heteroatoms. The first-order valence-corrected chi connectivity index (χ1v) is 6.58. The van der Waals surface area contributed by atoms with E-state index < -0.39 is 12.7 Å². The van der Waals surface area contributed by atoms with Gasteiger partial charge < -0.3 is 10.3 Å². The fourth-order valence-corrected chi connectivity index (χ4v) is 2.73. The summed E-state index contributed by atoms with van der Waals surface area (Å²) in [5, 5.41) is 2.35. The van der Waals surface area contributed by atoms with Crippen LogP contribution in [0.2, 0.25) is 0 Å². The highest BCUT2D eigenvalue weighted by Gasteiger charge is 2.12. The number of fused-ring (bicyclic) bond motifs is 3. The Labute approximate surface area is 123 Å². The molecule has 0 aliphatic heterocycles. The maximum absolute atomic E-state index is 12.7. The normalized spacial score (nSPS) is 12.6. The number of nitrogens with zero attached hydrogens (tertiary/aromatic N) is 1. The van der Waals surface area contributed by atoms with Gasteiger partial charge in [0.2, 0.25) is 0 Å². The summed E-state index contributed by atoms with van der Waals surface area (Å²) >= 11 is 0. The third-order valence-electron chi connectivity index (χ3n) is 3.71. The molecule has 0 aliphatic rings. The molecule has 20 heavy (non-hydrogen) atoms. The molecule has 1 atom stereocenters. The van der Waals surface area contributed by atoms with E-state index in [1.54, 1.807) is 0 Å². The lowest BCUT2D eigenvalue weighted by Crippen LogP contribution is -2.11. The number of hydrogen-bond acceptors (Lipinski definition) is 1. The van der Waals surface area contributed by atoms with Crippen LogP contribution in [0.15, 0.2) is 42.5 Å². The Morgan fingerprint density at radius 1 is 1.10 bits per heavy atom. The van der Waals surface area contributed by atoms with Crippen molar-refractivity contribution >= 4 is 34.2 Å². The van der Waals surface area contributed by atoms with Crippen LogP contribution in [0.25, 0.3) is 21.8 Å². The number of alkyl halides is 1. The number of hydrogen-bond donors (Lipinski definition) is 1. The zero-order valence-corrected chi connectivity index (χ0v) is 12.2. The van der Waals surface area contributed by atoms with Crippen LogP contribution in [0.3, 0.4) is 0 Å². The van der Waals surface area contributed by atoms with Gasteiger partial charge in [0.1, 0.15) is 6.67 Å². The van der Waals surface area contributed by atoms with Crippen molar-refractivity contribution in [2.24, 2.45) is 5.73 Å². The minimum atomic E-state index is -0.534. The number of halogens is 2. The third kappa shape index (κ3) is 2.17. The Kier molecular flexibility index (Phi) is 4.31. The van der Waals surface area contributed by atoms with Gasteiger partial charge in [-0.05, 0) is 30.7 Å². The molecule has 0 spiro atoms. The average Bonchev–Trinajstić information content (AvgIpc) is 2.79. The van der Waals surface area contributed by atoms with Gasteiger partial charge in [-0.1, -0.05) is 24.3 Å². The van der Waals surface area contributed by atoms with Crippen molar-refractivity contribution in [1.82, 2.24) is 4.57 Å². The first-order chi connectivity index (χ1) is 9.26. The molecule has 3 aromatic rings. The predicted molar refractivity (Wildman–Crippen MR) is 85.3 cm³/mol. The van der Waals surface area contributed by atoms with Gasteiger partial charge >= 0.3 is 0 Å². The molecule has 106 valence electrons. The summed E-state index contributed by atoms with van der Waals surface area (Å²) in [6.07, 6.45) is 0. The van der Waals surface area contributed by atoms with Crippen molar-refractivity contribution in [3.05, 3.63) is 48.0 Å². The topological polar surface area (TPSA) is 30.9 Å². The molecule has 0 fully saturated rings. The smallest absolute Gasteiger partial charge is 0.109 e. The standard InChI is InChI=1S/C16H17FN2.ClH/c1-2-19-15-6-4-3-5-12(15)13-9-11(14(18)10-17)7-8-16(13)19;/h3-9,14H,2,10,18H2,1H3;1H/t14-;/m0./s1. The molecular weight excluding hydrogens is 275 g/mol. The van der Waals surface area contributed by atoms with Gasteiger partial charge in [0.15, 0.2) is 0 Å². The number of benzene rings is 2. The quantitative estimate of drug-likeness (QED) is 0.770. The van der Waals surface area contributed by atoms with E-state index in [1.165, 1.54) is 16.4 Å². The zero-order valence-electron chi connectivity index (χ0n) is 11.3. The van der Waals surface area contributed by atoms with Crippen LogP contribution in [-0.4, -0.2) is 11.2 Å². The molecule has 2 N–H and O–H groups in total. The molecule has 0 bridgehead atoms. The van der Waals surface area contributed by atoms with Gasteiger partial charge in [-0.3, -0.25) is 0 Å². The first kappa shape index (κ1) is 14.8. The van der Waals surface area contributed by atoms with Gasteiger partial charge in [-0.2, -0.15) is 0 Å². The van der Waals surface area contributed by atoms with Crippen LogP contribution >= 0.6 is 12.4 Å². The Bertz CT molecular complexity index is 736. The maximum Gasteiger partial charge on any atom is 0.109 e. The van der Waals surface area contributed by atoms with E-state index in [4.69, 9.17) is 5.73 Å². The van der Waals surface area contributed by atoms with Crippen LogP contribution < -0.4 is 5.73 Å². The summed E-state index contributed by atoms with van der Waals surface area (Å²) < 4.78 is 15.0. The van der Waals surface area contributed by atoms with Crippen molar-refractivity contribution in [3.8, 4) is 0 Å². The fourth-order valence-electron chi connectivity index (χ4n) is 2.73. The number of aromatic nitrogens is 1. The Morgan fingerprint density at radius 2 is 1.80 bits per heavy atom.